The number of hydrogen-bond acceptors (Lipinski definition) is 5. The Hall–Kier alpha value is -4.95. The van der Waals surface area contributed by atoms with Gasteiger partial charge in [-0.2, -0.15) is 0 Å². The zero-order chi connectivity index (χ0) is 38.7. The predicted molar refractivity (Wildman–Crippen MR) is 230 cm³/mol. The highest BCUT2D eigenvalue weighted by Gasteiger charge is 2.39. The Morgan fingerprint density at radius 3 is 2.04 bits per heavy atom. The van der Waals surface area contributed by atoms with E-state index < -0.39 is 8.32 Å². The number of aryl methyl sites for hydroxylation is 1. The molecule has 0 radical (unpaired) electrons. The second kappa shape index (κ2) is 18.6. The summed E-state index contributed by atoms with van der Waals surface area (Å²) in [5.41, 5.74) is 7.77. The van der Waals surface area contributed by atoms with Crippen LogP contribution in [0.2, 0.25) is 18.1 Å². The molecule has 0 unspecified atom stereocenters. The number of aromatic nitrogens is 1. The number of fused-ring (bicyclic) bond motifs is 1. The fraction of sp³-hybridized carbons (Fsp3) is 0.312. The number of hydrogen-bond donors (Lipinski definition) is 2. The van der Waals surface area contributed by atoms with Gasteiger partial charge in [0, 0.05) is 18.0 Å². The molecule has 1 heterocycles. The molecule has 286 valence electrons. The van der Waals surface area contributed by atoms with Crippen LogP contribution in [0.5, 0.6) is 11.5 Å². The van der Waals surface area contributed by atoms with Gasteiger partial charge in [0.15, 0.2) is 8.32 Å². The van der Waals surface area contributed by atoms with Gasteiger partial charge in [0.05, 0.1) is 18.2 Å². The van der Waals surface area contributed by atoms with E-state index in [1.165, 1.54) is 22.3 Å². The Kier molecular flexibility index (Phi) is 13.4. The summed E-state index contributed by atoms with van der Waals surface area (Å²) in [5, 5.41) is 4.66. The first-order valence-corrected chi connectivity index (χ1v) is 22.5. The number of ether oxygens (including phenoxy) is 2. The van der Waals surface area contributed by atoms with Crippen molar-refractivity contribution in [3.63, 3.8) is 0 Å². The Balaban J connectivity index is 1.02. The summed E-state index contributed by atoms with van der Waals surface area (Å²) in [6, 6.07) is 45.5. The van der Waals surface area contributed by atoms with E-state index in [2.05, 4.69) is 129 Å². The zero-order valence-corrected chi connectivity index (χ0v) is 34.1. The first kappa shape index (κ1) is 39.7. The second-order valence-corrected chi connectivity index (χ2v) is 20.6. The van der Waals surface area contributed by atoms with Gasteiger partial charge >= 0.3 is 0 Å². The molecule has 1 atom stereocenters. The van der Waals surface area contributed by atoms with Crippen LogP contribution < -0.4 is 20.3 Å². The van der Waals surface area contributed by atoms with E-state index in [9.17, 15) is 4.79 Å². The summed E-state index contributed by atoms with van der Waals surface area (Å²) >= 11 is 0. The Morgan fingerprint density at radius 1 is 0.673 bits per heavy atom. The first-order valence-electron chi connectivity index (χ1n) is 19.6. The molecule has 6 nitrogen and oxygen atoms in total. The van der Waals surface area contributed by atoms with E-state index in [0.717, 1.165) is 54.5 Å². The maximum absolute atomic E-state index is 12.5. The van der Waals surface area contributed by atoms with E-state index in [4.69, 9.17) is 13.9 Å². The molecular weight excluding hydrogens is 697 g/mol. The van der Waals surface area contributed by atoms with Crippen LogP contribution in [0.25, 0.3) is 22.0 Å². The van der Waals surface area contributed by atoms with Crippen molar-refractivity contribution in [1.82, 2.24) is 10.3 Å². The fourth-order valence-corrected chi connectivity index (χ4v) is 7.74. The molecular formula is C48H56N2O4Si. The van der Waals surface area contributed by atoms with E-state index in [-0.39, 0.29) is 16.7 Å². The van der Waals surface area contributed by atoms with Gasteiger partial charge in [-0.05, 0) is 108 Å². The predicted octanol–water partition coefficient (Wildman–Crippen LogP) is 11.1. The van der Waals surface area contributed by atoms with Crippen molar-refractivity contribution >= 4 is 19.2 Å². The van der Waals surface area contributed by atoms with Gasteiger partial charge in [-0.15, -0.1) is 0 Å². The number of H-pyrrole nitrogens is 1. The molecule has 0 amide bonds. The molecule has 0 aliphatic heterocycles. The third kappa shape index (κ3) is 11.1. The van der Waals surface area contributed by atoms with Crippen LogP contribution in [0.3, 0.4) is 0 Å². The largest absolute Gasteiger partial charge is 0.494 e. The molecule has 5 aromatic carbocycles. The minimum absolute atomic E-state index is 0.0347. The molecule has 6 rings (SSSR count). The standard InChI is InChI=1S/C48H56N2O4Si/c1-48(2,3)55(4,5)54-45(42-27-29-44(47-43(42)28-30-46(51)50-47)53-35-38-15-8-6-9-16-38)34-49-32-31-37-21-25-41(26-22-37)52-33-13-12-14-36-19-23-40(24-20-36)39-17-10-7-11-18-39/h6-11,15-30,45,49H,12-14,31-35H2,1-5H3,(H,50,51)/t45-/m0/s1. The quantitative estimate of drug-likeness (QED) is 0.0676. The number of benzene rings is 5. The number of pyridine rings is 1. The van der Waals surface area contributed by atoms with Gasteiger partial charge in [-0.1, -0.05) is 124 Å². The maximum atomic E-state index is 12.5. The first-order chi connectivity index (χ1) is 26.6. The van der Waals surface area contributed by atoms with Crippen LogP contribution in [0.15, 0.2) is 138 Å². The third-order valence-electron chi connectivity index (χ3n) is 10.8. The zero-order valence-electron chi connectivity index (χ0n) is 33.1. The molecule has 1 aromatic heterocycles. The van der Waals surface area contributed by atoms with Crippen molar-refractivity contribution in [3.8, 4) is 22.6 Å². The summed E-state index contributed by atoms with van der Waals surface area (Å²) in [6.07, 6.45) is 3.84. The molecule has 2 N–H and O–H groups in total. The number of rotatable bonds is 18. The van der Waals surface area contributed by atoms with Gasteiger partial charge in [0.1, 0.15) is 18.1 Å². The average molecular weight is 753 g/mol. The Labute approximate surface area is 328 Å². The molecule has 55 heavy (non-hydrogen) atoms. The van der Waals surface area contributed by atoms with E-state index >= 15 is 0 Å². The molecule has 0 saturated heterocycles. The van der Waals surface area contributed by atoms with Crippen molar-refractivity contribution in [3.05, 3.63) is 166 Å². The van der Waals surface area contributed by atoms with Crippen molar-refractivity contribution in [2.75, 3.05) is 19.7 Å². The van der Waals surface area contributed by atoms with Crippen LogP contribution in [0.4, 0.5) is 0 Å². The highest BCUT2D eigenvalue weighted by atomic mass is 28.4. The van der Waals surface area contributed by atoms with E-state index in [1.807, 2.05) is 42.5 Å². The minimum atomic E-state index is -2.16. The van der Waals surface area contributed by atoms with Gasteiger partial charge in [0.25, 0.3) is 0 Å². The fourth-order valence-electron chi connectivity index (χ4n) is 6.47. The van der Waals surface area contributed by atoms with Crippen molar-refractivity contribution in [2.45, 2.75) is 77.3 Å². The summed E-state index contributed by atoms with van der Waals surface area (Å²) in [4.78, 5) is 15.6. The molecule has 7 heteroatoms. The van der Waals surface area contributed by atoms with Crippen molar-refractivity contribution in [2.24, 2.45) is 0 Å². The number of aromatic amines is 1. The van der Waals surface area contributed by atoms with Crippen LogP contribution in [0.1, 0.15) is 62.0 Å². The second-order valence-electron chi connectivity index (χ2n) is 15.9. The van der Waals surface area contributed by atoms with Crippen molar-refractivity contribution < 1.29 is 13.9 Å². The van der Waals surface area contributed by atoms with Crippen LogP contribution in [0, 0.1) is 0 Å². The SMILES string of the molecule is CC(C)(C)[Si](C)(C)O[C@@H](CNCCc1ccc(OCCCCc2ccc(-c3ccccc3)cc2)cc1)c1ccc(OCc2ccccc2)c2[nH]c(=O)ccc12. The average Bonchev–Trinajstić information content (AvgIpc) is 3.19. The number of nitrogens with one attached hydrogen (secondary N) is 2. The van der Waals surface area contributed by atoms with Gasteiger partial charge < -0.3 is 24.2 Å². The van der Waals surface area contributed by atoms with Gasteiger partial charge in [-0.25, -0.2) is 0 Å². The number of unbranched alkanes of at least 4 members (excludes halogenated alkanes) is 1. The van der Waals surface area contributed by atoms with Gasteiger partial charge in [-0.3, -0.25) is 4.79 Å². The molecule has 0 bridgehead atoms. The maximum Gasteiger partial charge on any atom is 0.248 e. The van der Waals surface area contributed by atoms with E-state index in [1.54, 1.807) is 6.07 Å². The summed E-state index contributed by atoms with van der Waals surface area (Å²) in [7, 11) is -2.16. The smallest absolute Gasteiger partial charge is 0.248 e. The minimum Gasteiger partial charge on any atom is -0.494 e. The van der Waals surface area contributed by atoms with Crippen LogP contribution in [-0.4, -0.2) is 33.0 Å². The summed E-state index contributed by atoms with van der Waals surface area (Å²) < 4.78 is 19.4. The lowest BCUT2D eigenvalue weighted by Gasteiger charge is -2.39. The van der Waals surface area contributed by atoms with E-state index in [0.29, 0.717) is 31.0 Å². The molecule has 6 aromatic rings. The summed E-state index contributed by atoms with van der Waals surface area (Å²) in [5.74, 6) is 1.56. The lowest BCUT2D eigenvalue weighted by molar-refractivity contribution is 0.182. The molecule has 0 aliphatic rings. The highest BCUT2D eigenvalue weighted by molar-refractivity contribution is 6.74. The monoisotopic (exact) mass is 752 g/mol. The van der Waals surface area contributed by atoms with Crippen LogP contribution >= 0.6 is 0 Å². The van der Waals surface area contributed by atoms with Crippen molar-refractivity contribution in [1.29, 1.82) is 0 Å². The Bertz CT molecular complexity index is 2140. The van der Waals surface area contributed by atoms with Crippen LogP contribution in [-0.2, 0) is 23.9 Å². The summed E-state index contributed by atoms with van der Waals surface area (Å²) in [6.45, 7) is 13.9. The lowest BCUT2D eigenvalue weighted by Crippen LogP contribution is -2.43. The normalized spacial score (nSPS) is 12.5. The molecule has 0 saturated carbocycles. The third-order valence-corrected chi connectivity index (χ3v) is 15.2. The Morgan fingerprint density at radius 2 is 1.33 bits per heavy atom. The molecule has 0 aliphatic carbocycles. The topological polar surface area (TPSA) is 72.6 Å². The van der Waals surface area contributed by atoms with Gasteiger partial charge in [0.2, 0.25) is 5.56 Å². The highest BCUT2D eigenvalue weighted by Crippen LogP contribution is 2.41. The lowest BCUT2D eigenvalue weighted by atomic mass is 10.0. The molecule has 0 fully saturated rings. The molecule has 0 spiro atoms.